The molecule has 108 valence electrons. The maximum absolute atomic E-state index is 12.3. The highest BCUT2D eigenvalue weighted by molar-refractivity contribution is 6.34. The molecular formula is C15H18ClNO3. The smallest absolute Gasteiger partial charge is 0.165 e. The van der Waals surface area contributed by atoms with E-state index in [-0.39, 0.29) is 5.78 Å². The number of halogens is 1. The van der Waals surface area contributed by atoms with Crippen LogP contribution < -0.4 is 9.47 Å². The average Bonchev–Trinajstić information content (AvgIpc) is 2.97. The minimum absolute atomic E-state index is 0.0684. The molecule has 1 saturated heterocycles. The van der Waals surface area contributed by atoms with Crippen LogP contribution in [0.25, 0.3) is 0 Å². The third kappa shape index (κ3) is 2.91. The molecule has 2 aliphatic heterocycles. The van der Waals surface area contributed by atoms with Crippen LogP contribution >= 0.6 is 11.6 Å². The van der Waals surface area contributed by atoms with Gasteiger partial charge in [0.1, 0.15) is 13.2 Å². The highest BCUT2D eigenvalue weighted by atomic mass is 35.5. The van der Waals surface area contributed by atoms with Gasteiger partial charge in [0.15, 0.2) is 17.3 Å². The van der Waals surface area contributed by atoms with E-state index in [9.17, 15) is 4.79 Å². The first kappa shape index (κ1) is 13.7. The van der Waals surface area contributed by atoms with Crippen molar-refractivity contribution in [3.63, 3.8) is 0 Å². The fourth-order valence-corrected chi connectivity index (χ4v) is 2.94. The van der Waals surface area contributed by atoms with E-state index in [0.29, 0.717) is 41.7 Å². The molecule has 0 aromatic heterocycles. The zero-order chi connectivity index (χ0) is 13.9. The van der Waals surface area contributed by atoms with Crippen molar-refractivity contribution in [3.05, 3.63) is 22.7 Å². The number of carbonyl (C=O) groups is 1. The lowest BCUT2D eigenvalue weighted by molar-refractivity contribution is 0.0968. The van der Waals surface area contributed by atoms with Crippen molar-refractivity contribution >= 4 is 17.4 Å². The van der Waals surface area contributed by atoms with Gasteiger partial charge in [0.2, 0.25) is 0 Å². The summed E-state index contributed by atoms with van der Waals surface area (Å²) in [4.78, 5) is 14.6. The van der Waals surface area contributed by atoms with Crippen LogP contribution in [-0.2, 0) is 0 Å². The fraction of sp³-hybridized carbons (Fsp3) is 0.533. The van der Waals surface area contributed by atoms with Crippen LogP contribution in [-0.4, -0.2) is 43.5 Å². The molecule has 20 heavy (non-hydrogen) atoms. The Morgan fingerprint density at radius 2 is 1.80 bits per heavy atom. The second-order valence-corrected chi connectivity index (χ2v) is 5.60. The monoisotopic (exact) mass is 295 g/mol. The minimum Gasteiger partial charge on any atom is -0.486 e. The summed E-state index contributed by atoms with van der Waals surface area (Å²) in [5, 5.41) is 0.445. The van der Waals surface area contributed by atoms with Crippen LogP contribution in [0.1, 0.15) is 29.6 Å². The molecule has 1 aromatic rings. The number of carbonyl (C=O) groups excluding carboxylic acids is 1. The second kappa shape index (κ2) is 6.02. The summed E-state index contributed by atoms with van der Waals surface area (Å²) in [6.07, 6.45) is 2.97. The van der Waals surface area contributed by atoms with E-state index in [0.717, 1.165) is 19.6 Å². The first-order valence-electron chi connectivity index (χ1n) is 7.09. The first-order valence-corrected chi connectivity index (χ1v) is 7.46. The normalized spacial score (nSPS) is 18.2. The molecule has 1 fully saturated rings. The zero-order valence-electron chi connectivity index (χ0n) is 11.4. The Kier molecular flexibility index (Phi) is 4.13. The van der Waals surface area contributed by atoms with Crippen LogP contribution in [0.2, 0.25) is 5.02 Å². The molecule has 2 heterocycles. The van der Waals surface area contributed by atoms with Crippen LogP contribution in [0.3, 0.4) is 0 Å². The van der Waals surface area contributed by atoms with Crippen LogP contribution in [0.15, 0.2) is 12.1 Å². The maximum Gasteiger partial charge on any atom is 0.165 e. The summed E-state index contributed by atoms with van der Waals surface area (Å²) in [5.74, 6) is 1.31. The van der Waals surface area contributed by atoms with Gasteiger partial charge in [0.05, 0.1) is 5.02 Å². The topological polar surface area (TPSA) is 38.8 Å². The number of hydrogen-bond acceptors (Lipinski definition) is 4. The third-order valence-corrected chi connectivity index (χ3v) is 4.10. The van der Waals surface area contributed by atoms with Crippen molar-refractivity contribution in [2.75, 3.05) is 32.8 Å². The van der Waals surface area contributed by atoms with Crippen molar-refractivity contribution in [3.8, 4) is 11.5 Å². The molecule has 4 nitrogen and oxygen atoms in total. The fourth-order valence-electron chi connectivity index (χ4n) is 2.68. The molecule has 0 spiro atoms. The lowest BCUT2D eigenvalue weighted by Gasteiger charge is -2.20. The zero-order valence-corrected chi connectivity index (χ0v) is 12.1. The number of hydrogen-bond donors (Lipinski definition) is 0. The van der Waals surface area contributed by atoms with Gasteiger partial charge in [0.25, 0.3) is 0 Å². The molecule has 1 aromatic carbocycles. The number of benzene rings is 1. The Morgan fingerprint density at radius 1 is 1.15 bits per heavy atom. The molecule has 0 saturated carbocycles. The number of rotatable bonds is 4. The molecule has 5 heteroatoms. The Hall–Kier alpha value is -1.26. The van der Waals surface area contributed by atoms with Gasteiger partial charge in [-0.05, 0) is 32.0 Å². The molecular weight excluding hydrogens is 278 g/mol. The van der Waals surface area contributed by atoms with E-state index in [1.165, 1.54) is 12.8 Å². The molecule has 3 rings (SSSR count). The van der Waals surface area contributed by atoms with E-state index in [4.69, 9.17) is 21.1 Å². The summed E-state index contributed by atoms with van der Waals surface area (Å²) >= 11 is 6.18. The number of Topliss-reactive ketones (excluding diaryl/α,β-unsaturated/α-hetero) is 1. The molecule has 0 bridgehead atoms. The van der Waals surface area contributed by atoms with E-state index >= 15 is 0 Å². The molecule has 0 aliphatic carbocycles. The lowest BCUT2D eigenvalue weighted by Crippen LogP contribution is -2.23. The van der Waals surface area contributed by atoms with E-state index in [1.54, 1.807) is 12.1 Å². The van der Waals surface area contributed by atoms with Crippen molar-refractivity contribution in [1.82, 2.24) is 4.90 Å². The summed E-state index contributed by atoms with van der Waals surface area (Å²) < 4.78 is 11.0. The molecule has 0 N–H and O–H groups in total. The van der Waals surface area contributed by atoms with Crippen molar-refractivity contribution in [2.45, 2.75) is 19.3 Å². The standard InChI is InChI=1S/C15H18ClNO3/c16-12-10-15-14(19-7-8-20-15)9-11(12)13(18)3-6-17-4-1-2-5-17/h9-10H,1-8H2. The quantitative estimate of drug-likeness (QED) is 0.801. The van der Waals surface area contributed by atoms with Gasteiger partial charge < -0.3 is 14.4 Å². The van der Waals surface area contributed by atoms with Crippen molar-refractivity contribution < 1.29 is 14.3 Å². The van der Waals surface area contributed by atoms with Gasteiger partial charge in [-0.15, -0.1) is 0 Å². The molecule has 0 unspecified atom stereocenters. The molecule has 0 radical (unpaired) electrons. The number of nitrogens with zero attached hydrogens (tertiary/aromatic N) is 1. The molecule has 0 amide bonds. The Labute approximate surface area is 123 Å². The van der Waals surface area contributed by atoms with Gasteiger partial charge >= 0.3 is 0 Å². The number of ketones is 1. The number of fused-ring (bicyclic) bond motifs is 1. The van der Waals surface area contributed by atoms with Gasteiger partial charge in [-0.2, -0.15) is 0 Å². The summed E-state index contributed by atoms with van der Waals surface area (Å²) in [6, 6.07) is 3.39. The largest absolute Gasteiger partial charge is 0.486 e. The summed E-state index contributed by atoms with van der Waals surface area (Å²) in [5.41, 5.74) is 0.537. The highest BCUT2D eigenvalue weighted by Crippen LogP contribution is 2.35. The summed E-state index contributed by atoms with van der Waals surface area (Å²) in [6.45, 7) is 4.04. The third-order valence-electron chi connectivity index (χ3n) is 3.79. The van der Waals surface area contributed by atoms with E-state index in [1.807, 2.05) is 0 Å². The second-order valence-electron chi connectivity index (χ2n) is 5.20. The average molecular weight is 296 g/mol. The Bertz CT molecular complexity index is 512. The molecule has 0 atom stereocenters. The first-order chi connectivity index (χ1) is 9.74. The van der Waals surface area contributed by atoms with Gasteiger partial charge in [-0.25, -0.2) is 0 Å². The van der Waals surface area contributed by atoms with Crippen molar-refractivity contribution in [2.24, 2.45) is 0 Å². The predicted octanol–water partition coefficient (Wildman–Crippen LogP) is 2.78. The highest BCUT2D eigenvalue weighted by Gasteiger charge is 2.20. The van der Waals surface area contributed by atoms with Crippen molar-refractivity contribution in [1.29, 1.82) is 0 Å². The van der Waals surface area contributed by atoms with Crippen LogP contribution in [0.5, 0.6) is 11.5 Å². The number of ether oxygens (including phenoxy) is 2. The minimum atomic E-state index is 0.0684. The van der Waals surface area contributed by atoms with E-state index in [2.05, 4.69) is 4.90 Å². The number of likely N-dealkylation sites (tertiary alicyclic amines) is 1. The predicted molar refractivity (Wildman–Crippen MR) is 77.1 cm³/mol. The van der Waals surface area contributed by atoms with Gasteiger partial charge in [-0.3, -0.25) is 4.79 Å². The van der Waals surface area contributed by atoms with Gasteiger partial charge in [-0.1, -0.05) is 11.6 Å². The Morgan fingerprint density at radius 3 is 2.50 bits per heavy atom. The maximum atomic E-state index is 12.3. The van der Waals surface area contributed by atoms with Crippen LogP contribution in [0.4, 0.5) is 0 Å². The summed E-state index contributed by atoms with van der Waals surface area (Å²) in [7, 11) is 0. The SMILES string of the molecule is O=C(CCN1CCCC1)c1cc2c(cc1Cl)OCCO2. The Balaban J connectivity index is 1.70. The lowest BCUT2D eigenvalue weighted by atomic mass is 10.1. The van der Waals surface area contributed by atoms with Gasteiger partial charge in [0, 0.05) is 24.6 Å². The molecule has 2 aliphatic rings. The van der Waals surface area contributed by atoms with E-state index < -0.39 is 0 Å². The van der Waals surface area contributed by atoms with Crippen LogP contribution in [0, 0.1) is 0 Å².